The molecule has 2 rings (SSSR count). The molecule has 1 amide bonds. The van der Waals surface area contributed by atoms with E-state index in [9.17, 15) is 4.79 Å². The molecule has 0 aromatic carbocycles. The normalized spacial score (nSPS) is 21.8. The highest BCUT2D eigenvalue weighted by atomic mass is 35.5. The summed E-state index contributed by atoms with van der Waals surface area (Å²) in [6, 6.07) is 0. The third kappa shape index (κ3) is 6.22. The van der Waals surface area contributed by atoms with Gasteiger partial charge >= 0.3 is 0 Å². The Hall–Kier alpha value is -0.110. The molecule has 2 saturated heterocycles. The Morgan fingerprint density at radius 1 is 1.28 bits per heavy atom. The predicted molar refractivity (Wildman–Crippen MR) is 105 cm³/mol. The molecule has 0 aromatic heterocycles. The monoisotopic (exact) mass is 399 g/mol. The third-order valence-electron chi connectivity index (χ3n) is 5.64. The van der Waals surface area contributed by atoms with E-state index < -0.39 is 5.41 Å². The molecule has 3 N–H and O–H groups in total. The quantitative estimate of drug-likeness (QED) is 0.708. The molecule has 0 atom stereocenters. The lowest BCUT2D eigenvalue weighted by atomic mass is 9.79. The molecule has 0 radical (unpaired) electrons. The van der Waals surface area contributed by atoms with Gasteiger partial charge in [-0.05, 0) is 39.5 Å². The smallest absolute Gasteiger partial charge is 0.227 e. The molecule has 0 spiro atoms. The molecular weight excluding hydrogens is 365 g/mol. The fourth-order valence-electron chi connectivity index (χ4n) is 3.58. The Morgan fingerprint density at radius 3 is 2.32 bits per heavy atom. The summed E-state index contributed by atoms with van der Waals surface area (Å²) in [5.41, 5.74) is 5.40. The molecule has 2 fully saturated rings. The van der Waals surface area contributed by atoms with E-state index in [0.29, 0.717) is 32.4 Å². The van der Waals surface area contributed by atoms with Gasteiger partial charge < -0.3 is 20.5 Å². The summed E-state index contributed by atoms with van der Waals surface area (Å²) in [5.74, 6) is 0.0863. The van der Waals surface area contributed by atoms with Crippen LogP contribution in [0, 0.1) is 5.41 Å². The van der Waals surface area contributed by atoms with Gasteiger partial charge in [0, 0.05) is 52.0 Å². The van der Waals surface area contributed by atoms with Crippen LogP contribution in [0.15, 0.2) is 0 Å². The fraction of sp³-hybridized carbons (Fsp3) is 0.941. The molecule has 2 aliphatic heterocycles. The van der Waals surface area contributed by atoms with Crippen LogP contribution in [0.5, 0.6) is 0 Å². The highest BCUT2D eigenvalue weighted by Crippen LogP contribution is 2.30. The Balaban J connectivity index is 0.00000288. The first-order chi connectivity index (χ1) is 10.9. The number of methoxy groups -OCH3 is 1. The van der Waals surface area contributed by atoms with Crippen molar-refractivity contribution in [2.45, 2.75) is 51.2 Å². The van der Waals surface area contributed by atoms with Crippen LogP contribution in [0.1, 0.15) is 39.5 Å². The van der Waals surface area contributed by atoms with Crippen LogP contribution in [0.4, 0.5) is 0 Å². The molecule has 6 nitrogen and oxygen atoms in total. The maximum absolute atomic E-state index is 12.7. The summed E-state index contributed by atoms with van der Waals surface area (Å²) < 4.78 is 10.8. The summed E-state index contributed by atoms with van der Waals surface area (Å²) in [6.45, 7) is 8.69. The van der Waals surface area contributed by atoms with Crippen molar-refractivity contribution in [2.24, 2.45) is 11.1 Å². The molecule has 25 heavy (non-hydrogen) atoms. The zero-order valence-corrected chi connectivity index (χ0v) is 17.3. The predicted octanol–water partition coefficient (Wildman–Crippen LogP) is 1.59. The lowest BCUT2D eigenvalue weighted by Gasteiger charge is -2.43. The molecule has 0 bridgehead atoms. The van der Waals surface area contributed by atoms with E-state index in [1.54, 1.807) is 7.11 Å². The van der Waals surface area contributed by atoms with Crippen LogP contribution < -0.4 is 11.1 Å². The van der Waals surface area contributed by atoms with Gasteiger partial charge in [-0.25, -0.2) is 0 Å². The van der Waals surface area contributed by atoms with E-state index in [2.05, 4.69) is 24.1 Å². The van der Waals surface area contributed by atoms with Crippen LogP contribution in [0.2, 0.25) is 0 Å². The SMILES string of the molecule is COC1CCN(C(C)(C)CNC(=O)C2(CN)CCOCC2)CC1.Cl.Cl. The summed E-state index contributed by atoms with van der Waals surface area (Å²) in [4.78, 5) is 15.1. The molecule has 0 aromatic rings. The highest BCUT2D eigenvalue weighted by molar-refractivity contribution is 5.85. The second-order valence-corrected chi connectivity index (χ2v) is 7.51. The maximum Gasteiger partial charge on any atom is 0.227 e. The Morgan fingerprint density at radius 2 is 1.84 bits per heavy atom. The van der Waals surface area contributed by atoms with Gasteiger partial charge in [-0.3, -0.25) is 9.69 Å². The van der Waals surface area contributed by atoms with E-state index >= 15 is 0 Å². The number of amides is 1. The van der Waals surface area contributed by atoms with Gasteiger partial charge in [0.15, 0.2) is 0 Å². The number of ether oxygens (including phenoxy) is 2. The molecule has 150 valence electrons. The molecule has 8 heteroatoms. The zero-order valence-electron chi connectivity index (χ0n) is 15.7. The summed E-state index contributed by atoms with van der Waals surface area (Å²) in [6.07, 6.45) is 3.92. The van der Waals surface area contributed by atoms with E-state index in [-0.39, 0.29) is 36.3 Å². The third-order valence-corrected chi connectivity index (χ3v) is 5.64. The number of piperidine rings is 1. The molecular formula is C17H35Cl2N3O3. The van der Waals surface area contributed by atoms with Crippen molar-refractivity contribution in [1.29, 1.82) is 0 Å². The summed E-state index contributed by atoms with van der Waals surface area (Å²) in [7, 11) is 1.78. The van der Waals surface area contributed by atoms with Crippen molar-refractivity contribution in [3.63, 3.8) is 0 Å². The van der Waals surface area contributed by atoms with Gasteiger partial charge in [0.1, 0.15) is 0 Å². The van der Waals surface area contributed by atoms with E-state index in [4.69, 9.17) is 15.2 Å². The summed E-state index contributed by atoms with van der Waals surface area (Å²) >= 11 is 0. The number of hydrogen-bond donors (Lipinski definition) is 2. The van der Waals surface area contributed by atoms with Crippen LogP contribution in [0.25, 0.3) is 0 Å². The van der Waals surface area contributed by atoms with Gasteiger partial charge in [0.25, 0.3) is 0 Å². The zero-order chi connectivity index (χ0) is 16.9. The highest BCUT2D eigenvalue weighted by Gasteiger charge is 2.40. The van der Waals surface area contributed by atoms with Crippen LogP contribution >= 0.6 is 24.8 Å². The second kappa shape index (κ2) is 10.9. The fourth-order valence-corrected chi connectivity index (χ4v) is 3.58. The molecule has 2 aliphatic rings. The van der Waals surface area contributed by atoms with Crippen molar-refractivity contribution in [2.75, 3.05) is 46.5 Å². The molecule has 0 unspecified atom stereocenters. The molecule has 0 aliphatic carbocycles. The molecule has 0 saturated carbocycles. The number of halogens is 2. The van der Waals surface area contributed by atoms with Gasteiger partial charge in [-0.2, -0.15) is 0 Å². The average Bonchev–Trinajstić information content (AvgIpc) is 2.60. The topological polar surface area (TPSA) is 76.8 Å². The van der Waals surface area contributed by atoms with E-state index in [1.807, 2.05) is 0 Å². The summed E-state index contributed by atoms with van der Waals surface area (Å²) in [5, 5.41) is 3.16. The number of carbonyl (C=O) groups is 1. The number of hydrogen-bond acceptors (Lipinski definition) is 5. The Labute approximate surface area is 164 Å². The van der Waals surface area contributed by atoms with Crippen molar-refractivity contribution in [3.8, 4) is 0 Å². The van der Waals surface area contributed by atoms with Crippen molar-refractivity contribution in [3.05, 3.63) is 0 Å². The maximum atomic E-state index is 12.7. The van der Waals surface area contributed by atoms with Crippen molar-refractivity contribution in [1.82, 2.24) is 10.2 Å². The second-order valence-electron chi connectivity index (χ2n) is 7.51. The van der Waals surface area contributed by atoms with E-state index in [1.165, 1.54) is 0 Å². The lowest BCUT2D eigenvalue weighted by molar-refractivity contribution is -0.136. The largest absolute Gasteiger partial charge is 0.381 e. The number of carbonyl (C=O) groups excluding carboxylic acids is 1. The van der Waals surface area contributed by atoms with Crippen molar-refractivity contribution >= 4 is 30.7 Å². The standard InChI is InChI=1S/C17H33N3O3.2ClH/c1-16(2,20-8-4-14(22-3)5-9-20)13-19-15(21)17(12-18)6-10-23-11-7-17;;/h14H,4-13,18H2,1-3H3,(H,19,21);2*1H. The first kappa shape index (κ1) is 24.9. The van der Waals surface area contributed by atoms with E-state index in [0.717, 1.165) is 38.8 Å². The number of nitrogens with zero attached hydrogens (tertiary/aromatic N) is 1. The van der Waals surface area contributed by atoms with Gasteiger partial charge in [-0.15, -0.1) is 24.8 Å². The van der Waals surface area contributed by atoms with Gasteiger partial charge in [0.2, 0.25) is 5.91 Å². The van der Waals surface area contributed by atoms with Gasteiger partial charge in [-0.1, -0.05) is 0 Å². The van der Waals surface area contributed by atoms with Gasteiger partial charge in [0.05, 0.1) is 11.5 Å². The minimum Gasteiger partial charge on any atom is -0.381 e. The lowest BCUT2D eigenvalue weighted by Crippen LogP contribution is -2.57. The molecule has 2 heterocycles. The Kier molecular flexibility index (Phi) is 10.9. The minimum absolute atomic E-state index is 0. The first-order valence-electron chi connectivity index (χ1n) is 8.77. The number of nitrogens with two attached hydrogens (primary N) is 1. The van der Waals surface area contributed by atoms with Crippen LogP contribution in [-0.2, 0) is 14.3 Å². The number of likely N-dealkylation sites (tertiary alicyclic amines) is 1. The average molecular weight is 400 g/mol. The van der Waals surface area contributed by atoms with Crippen LogP contribution in [-0.4, -0.2) is 69.0 Å². The Bertz CT molecular complexity index is 397. The first-order valence-corrected chi connectivity index (χ1v) is 8.77. The van der Waals surface area contributed by atoms with Crippen LogP contribution in [0.3, 0.4) is 0 Å². The number of rotatable bonds is 6. The number of nitrogens with one attached hydrogen (secondary N) is 1. The minimum atomic E-state index is -0.447. The van der Waals surface area contributed by atoms with Crippen molar-refractivity contribution < 1.29 is 14.3 Å².